The molecule has 90 valence electrons. The van der Waals surface area contributed by atoms with Crippen LogP contribution in [0.15, 0.2) is 12.4 Å². The topological polar surface area (TPSA) is 50.8 Å². The first-order valence-corrected chi connectivity index (χ1v) is 6.26. The number of fused-ring (bicyclic) bond motifs is 2. The molecule has 4 heteroatoms. The summed E-state index contributed by atoms with van der Waals surface area (Å²) in [7, 11) is 1.92. The van der Waals surface area contributed by atoms with Crippen molar-refractivity contribution in [3.8, 4) is 6.07 Å². The van der Waals surface area contributed by atoms with E-state index in [0.717, 1.165) is 32.1 Å². The van der Waals surface area contributed by atoms with Crippen LogP contribution in [0.2, 0.25) is 0 Å². The second-order valence-corrected chi connectivity index (χ2v) is 5.32. The van der Waals surface area contributed by atoms with Crippen LogP contribution in [-0.4, -0.2) is 22.0 Å². The van der Waals surface area contributed by atoms with Gasteiger partial charge in [-0.1, -0.05) is 0 Å². The molecule has 1 aromatic rings. The van der Waals surface area contributed by atoms with Crippen LogP contribution in [0.5, 0.6) is 0 Å². The van der Waals surface area contributed by atoms with Crippen molar-refractivity contribution in [2.24, 2.45) is 12.5 Å². The number of nitrogens with zero attached hydrogens (tertiary/aromatic N) is 3. The zero-order valence-corrected chi connectivity index (χ0v) is 10.1. The summed E-state index contributed by atoms with van der Waals surface area (Å²) >= 11 is 0. The summed E-state index contributed by atoms with van der Waals surface area (Å²) in [6.07, 6.45) is 9.38. The lowest BCUT2D eigenvalue weighted by molar-refractivity contribution is 0.0764. The minimum atomic E-state index is -0.237. The Morgan fingerprint density at radius 1 is 1.65 bits per heavy atom. The van der Waals surface area contributed by atoms with Gasteiger partial charge in [0, 0.05) is 13.2 Å². The van der Waals surface area contributed by atoms with Crippen LogP contribution >= 0.6 is 0 Å². The largest absolute Gasteiger partial charge is 0.373 e. The molecule has 3 unspecified atom stereocenters. The zero-order chi connectivity index (χ0) is 11.9. The molecule has 0 aromatic carbocycles. The quantitative estimate of drug-likeness (QED) is 0.797. The lowest BCUT2D eigenvalue weighted by atomic mass is 9.72. The van der Waals surface area contributed by atoms with Gasteiger partial charge in [0.25, 0.3) is 0 Å². The van der Waals surface area contributed by atoms with Gasteiger partial charge in [0.1, 0.15) is 0 Å². The Hall–Kier alpha value is -1.34. The number of hydrogen-bond acceptors (Lipinski definition) is 3. The van der Waals surface area contributed by atoms with E-state index in [4.69, 9.17) is 4.74 Å². The molecule has 0 spiro atoms. The van der Waals surface area contributed by atoms with Crippen molar-refractivity contribution < 1.29 is 4.74 Å². The SMILES string of the molecule is Cn1cc(CCC2(C#N)CC3CCC2O3)cn1. The van der Waals surface area contributed by atoms with Crippen molar-refractivity contribution in [3.05, 3.63) is 18.0 Å². The van der Waals surface area contributed by atoms with Crippen molar-refractivity contribution in [2.75, 3.05) is 0 Å². The summed E-state index contributed by atoms with van der Waals surface area (Å²) in [5.41, 5.74) is 0.976. The number of aryl methyl sites for hydroxylation is 2. The smallest absolute Gasteiger partial charge is 0.0862 e. The summed E-state index contributed by atoms with van der Waals surface area (Å²) in [4.78, 5) is 0. The van der Waals surface area contributed by atoms with Gasteiger partial charge in [0.15, 0.2) is 0 Å². The summed E-state index contributed by atoms with van der Waals surface area (Å²) < 4.78 is 7.64. The summed E-state index contributed by atoms with van der Waals surface area (Å²) in [6, 6.07) is 2.53. The molecule has 2 aliphatic heterocycles. The Morgan fingerprint density at radius 3 is 3.06 bits per heavy atom. The highest BCUT2D eigenvalue weighted by Gasteiger charge is 2.52. The van der Waals surface area contributed by atoms with Gasteiger partial charge in [0.2, 0.25) is 0 Å². The minimum absolute atomic E-state index is 0.175. The molecule has 3 atom stereocenters. The first kappa shape index (κ1) is 10.8. The van der Waals surface area contributed by atoms with Crippen molar-refractivity contribution in [2.45, 2.75) is 44.3 Å². The Balaban J connectivity index is 1.69. The molecule has 3 heterocycles. The van der Waals surface area contributed by atoms with Crippen LogP contribution in [0.25, 0.3) is 0 Å². The Labute approximate surface area is 101 Å². The van der Waals surface area contributed by atoms with Crippen molar-refractivity contribution in [1.82, 2.24) is 9.78 Å². The molecule has 17 heavy (non-hydrogen) atoms. The van der Waals surface area contributed by atoms with Gasteiger partial charge in [-0.05, 0) is 37.7 Å². The second kappa shape index (κ2) is 3.85. The van der Waals surface area contributed by atoms with E-state index >= 15 is 0 Å². The Bertz CT molecular complexity index is 461. The molecule has 2 fully saturated rings. The number of nitriles is 1. The molecular formula is C13H17N3O. The predicted molar refractivity (Wildman–Crippen MR) is 62.1 cm³/mol. The van der Waals surface area contributed by atoms with E-state index in [2.05, 4.69) is 11.2 Å². The monoisotopic (exact) mass is 231 g/mol. The zero-order valence-electron chi connectivity index (χ0n) is 10.1. The highest BCUT2D eigenvalue weighted by molar-refractivity contribution is 5.14. The molecule has 0 amide bonds. The normalized spacial score (nSPS) is 35.1. The van der Waals surface area contributed by atoms with Crippen molar-refractivity contribution >= 4 is 0 Å². The number of hydrogen-bond donors (Lipinski definition) is 0. The molecule has 0 aliphatic carbocycles. The summed E-state index contributed by atoms with van der Waals surface area (Å²) in [6.45, 7) is 0. The van der Waals surface area contributed by atoms with Crippen LogP contribution in [0.1, 0.15) is 31.2 Å². The third-order valence-electron chi connectivity index (χ3n) is 4.16. The minimum Gasteiger partial charge on any atom is -0.373 e. The molecule has 0 N–H and O–H groups in total. The summed E-state index contributed by atoms with van der Waals surface area (Å²) in [5, 5.41) is 13.6. The Kier molecular flexibility index (Phi) is 2.44. The lowest BCUT2D eigenvalue weighted by Crippen LogP contribution is -2.31. The molecule has 2 aliphatic rings. The van der Waals surface area contributed by atoms with E-state index in [0.29, 0.717) is 6.10 Å². The third kappa shape index (κ3) is 1.75. The third-order valence-corrected chi connectivity index (χ3v) is 4.16. The fourth-order valence-corrected chi connectivity index (χ4v) is 3.21. The van der Waals surface area contributed by atoms with Crippen LogP contribution in [0.4, 0.5) is 0 Å². The van der Waals surface area contributed by atoms with Gasteiger partial charge in [-0.3, -0.25) is 4.68 Å². The first-order valence-electron chi connectivity index (χ1n) is 6.26. The van der Waals surface area contributed by atoms with Crippen LogP contribution < -0.4 is 0 Å². The molecule has 0 saturated carbocycles. The van der Waals surface area contributed by atoms with E-state index in [1.807, 2.05) is 24.1 Å². The van der Waals surface area contributed by atoms with Gasteiger partial charge in [0.05, 0.1) is 29.9 Å². The number of rotatable bonds is 3. The van der Waals surface area contributed by atoms with E-state index in [1.165, 1.54) is 5.56 Å². The highest BCUT2D eigenvalue weighted by atomic mass is 16.5. The number of aromatic nitrogens is 2. The highest BCUT2D eigenvalue weighted by Crippen LogP contribution is 2.49. The second-order valence-electron chi connectivity index (χ2n) is 5.32. The predicted octanol–water partition coefficient (Wildman–Crippen LogP) is 1.81. The summed E-state index contributed by atoms with van der Waals surface area (Å²) in [5.74, 6) is 0. The van der Waals surface area contributed by atoms with Gasteiger partial charge in [-0.25, -0.2) is 0 Å². The van der Waals surface area contributed by atoms with Gasteiger partial charge in [-0.2, -0.15) is 10.4 Å². The lowest BCUT2D eigenvalue weighted by Gasteiger charge is -2.27. The van der Waals surface area contributed by atoms with Crippen molar-refractivity contribution in [3.63, 3.8) is 0 Å². The van der Waals surface area contributed by atoms with Crippen LogP contribution in [0, 0.1) is 16.7 Å². The molecule has 2 bridgehead atoms. The first-order chi connectivity index (χ1) is 8.22. The molecule has 1 aromatic heterocycles. The maximum atomic E-state index is 9.47. The Morgan fingerprint density at radius 2 is 2.53 bits per heavy atom. The van der Waals surface area contributed by atoms with Crippen LogP contribution in [0.3, 0.4) is 0 Å². The fraction of sp³-hybridized carbons (Fsp3) is 0.692. The van der Waals surface area contributed by atoms with Gasteiger partial charge >= 0.3 is 0 Å². The average molecular weight is 231 g/mol. The molecule has 2 saturated heterocycles. The van der Waals surface area contributed by atoms with E-state index < -0.39 is 0 Å². The van der Waals surface area contributed by atoms with Gasteiger partial charge in [-0.15, -0.1) is 0 Å². The van der Waals surface area contributed by atoms with Gasteiger partial charge < -0.3 is 4.74 Å². The van der Waals surface area contributed by atoms with E-state index in [1.54, 1.807) is 0 Å². The number of ether oxygens (including phenoxy) is 1. The van der Waals surface area contributed by atoms with Crippen LogP contribution in [-0.2, 0) is 18.2 Å². The maximum absolute atomic E-state index is 9.47. The fourth-order valence-electron chi connectivity index (χ4n) is 3.21. The van der Waals surface area contributed by atoms with Crippen molar-refractivity contribution in [1.29, 1.82) is 5.26 Å². The maximum Gasteiger partial charge on any atom is 0.0862 e. The van der Waals surface area contributed by atoms with E-state index in [9.17, 15) is 5.26 Å². The molecule has 3 rings (SSSR count). The molecule has 0 radical (unpaired) electrons. The van der Waals surface area contributed by atoms with E-state index in [-0.39, 0.29) is 11.5 Å². The standard InChI is InChI=1S/C13H17N3O/c1-16-8-10(7-15-16)4-5-13(9-14)6-11-2-3-12(13)17-11/h7-8,11-12H,2-6H2,1H3. The average Bonchev–Trinajstić information content (AvgIpc) is 3.01. The molecule has 4 nitrogen and oxygen atoms in total. The molecular weight excluding hydrogens is 214 g/mol.